The summed E-state index contributed by atoms with van der Waals surface area (Å²) in [4.78, 5) is 13.2. The van der Waals surface area contributed by atoms with Gasteiger partial charge in [0, 0.05) is 6.42 Å². The molecule has 0 radical (unpaired) electrons. The molecule has 0 amide bonds. The summed E-state index contributed by atoms with van der Waals surface area (Å²) in [5.74, 6) is 4.73. The Balaban J connectivity index is 3.07. The predicted octanol–water partition coefficient (Wildman–Crippen LogP) is 1.11. The lowest BCUT2D eigenvalue weighted by molar-refractivity contribution is -0.385. The van der Waals surface area contributed by atoms with Crippen molar-refractivity contribution >= 4 is 11.5 Å². The largest absolute Gasteiger partial charge is 0.310 e. The van der Waals surface area contributed by atoms with Gasteiger partial charge in [0.2, 0.25) is 6.43 Å². The van der Waals surface area contributed by atoms with Crippen molar-refractivity contribution in [1.82, 2.24) is 15.2 Å². The van der Waals surface area contributed by atoms with Crippen LogP contribution in [0.25, 0.3) is 0 Å². The van der Waals surface area contributed by atoms with E-state index < -0.39 is 42.5 Å². The average molecular weight is 312 g/mol. The summed E-state index contributed by atoms with van der Waals surface area (Å²) in [7, 11) is 0. The normalized spacial score (nSPS) is 13.8. The summed E-state index contributed by atoms with van der Waals surface area (Å²) in [6, 6.07) is -1.32. The number of nitrogens with two attached hydrogens (primary N) is 1. The van der Waals surface area contributed by atoms with E-state index in [1.54, 1.807) is 0 Å². The van der Waals surface area contributed by atoms with Crippen LogP contribution in [0.15, 0.2) is 17.4 Å². The van der Waals surface area contributed by atoms with E-state index in [-0.39, 0.29) is 5.84 Å². The Morgan fingerprint density at radius 1 is 1.48 bits per heavy atom. The molecule has 0 bridgehead atoms. The molecular weight excluding hydrogens is 300 g/mol. The molecule has 0 saturated carbocycles. The maximum Gasteiger partial charge on any atom is 0.307 e. The zero-order valence-corrected chi connectivity index (χ0v) is 10.5. The van der Waals surface area contributed by atoms with Gasteiger partial charge in [-0.05, 0) is 0 Å². The quantitative estimate of drug-likeness (QED) is 0.196. The minimum atomic E-state index is -2.82. The Bertz CT molecular complexity index is 506. The third-order valence-electron chi connectivity index (χ3n) is 2.38. The van der Waals surface area contributed by atoms with E-state index in [4.69, 9.17) is 5.84 Å². The minimum Gasteiger partial charge on any atom is -0.310 e. The summed E-state index contributed by atoms with van der Waals surface area (Å²) >= 11 is 0. The molecule has 1 unspecified atom stereocenters. The SMILES string of the molecule is NNC(=NCC(F)F)C(CC(F)F)n1cc([N+](=O)[O-])cn1. The molecule has 1 atom stereocenters. The first-order valence-corrected chi connectivity index (χ1v) is 5.61. The Hall–Kier alpha value is -2.24. The Morgan fingerprint density at radius 2 is 2.14 bits per heavy atom. The van der Waals surface area contributed by atoms with Gasteiger partial charge in [0.1, 0.15) is 30.8 Å². The van der Waals surface area contributed by atoms with Crippen LogP contribution in [-0.2, 0) is 0 Å². The lowest BCUT2D eigenvalue weighted by atomic mass is 10.2. The van der Waals surface area contributed by atoms with Gasteiger partial charge in [0.05, 0.1) is 4.92 Å². The molecule has 3 N–H and O–H groups in total. The van der Waals surface area contributed by atoms with Gasteiger partial charge in [-0.3, -0.25) is 19.8 Å². The molecule has 0 saturated heterocycles. The van der Waals surface area contributed by atoms with Crippen LogP contribution in [0.2, 0.25) is 0 Å². The van der Waals surface area contributed by atoms with E-state index in [1.165, 1.54) is 0 Å². The number of nitrogens with one attached hydrogen (secondary N) is 1. The van der Waals surface area contributed by atoms with Gasteiger partial charge >= 0.3 is 5.69 Å². The fourth-order valence-corrected chi connectivity index (χ4v) is 1.52. The van der Waals surface area contributed by atoms with Gasteiger partial charge in [-0.15, -0.1) is 0 Å². The van der Waals surface area contributed by atoms with Crippen molar-refractivity contribution in [2.45, 2.75) is 25.3 Å². The maximum absolute atomic E-state index is 12.6. The molecule has 118 valence electrons. The highest BCUT2D eigenvalue weighted by atomic mass is 19.3. The Labute approximate surface area is 115 Å². The van der Waals surface area contributed by atoms with Crippen molar-refractivity contribution < 1.29 is 22.5 Å². The van der Waals surface area contributed by atoms with E-state index >= 15 is 0 Å². The van der Waals surface area contributed by atoms with Gasteiger partial charge in [-0.1, -0.05) is 0 Å². The minimum absolute atomic E-state index is 0.367. The molecule has 1 aromatic rings. The molecule has 0 spiro atoms. The fraction of sp³-hybridized carbons (Fsp3) is 0.556. The number of hydrazine groups is 1. The standard InChI is InChI=1S/C9H12F4N6O2/c10-7(11)1-6(9(17-14)15-3-8(12)13)18-4-5(2-16-18)19(20)21/h2,4,6-8H,1,3,14H2,(H,15,17). The van der Waals surface area contributed by atoms with Crippen molar-refractivity contribution in [3.8, 4) is 0 Å². The second-order valence-corrected chi connectivity index (χ2v) is 3.84. The highest BCUT2D eigenvalue weighted by Crippen LogP contribution is 2.20. The summed E-state index contributed by atoms with van der Waals surface area (Å²) < 4.78 is 50.3. The molecule has 8 nitrogen and oxygen atoms in total. The van der Waals surface area contributed by atoms with E-state index in [0.29, 0.717) is 0 Å². The molecular formula is C9H12F4N6O2. The van der Waals surface area contributed by atoms with Crippen LogP contribution in [-0.4, -0.2) is 39.9 Å². The monoisotopic (exact) mass is 312 g/mol. The summed E-state index contributed by atoms with van der Waals surface area (Å²) in [6.45, 7) is -0.942. The number of rotatable bonds is 7. The number of amidine groups is 1. The molecule has 0 aliphatic carbocycles. The van der Waals surface area contributed by atoms with Crippen LogP contribution >= 0.6 is 0 Å². The number of nitrogens with zero attached hydrogens (tertiary/aromatic N) is 4. The fourth-order valence-electron chi connectivity index (χ4n) is 1.52. The first-order chi connectivity index (χ1) is 9.85. The Morgan fingerprint density at radius 3 is 2.57 bits per heavy atom. The maximum atomic E-state index is 12.6. The highest BCUT2D eigenvalue weighted by Gasteiger charge is 2.25. The van der Waals surface area contributed by atoms with E-state index in [1.807, 2.05) is 5.43 Å². The third-order valence-corrected chi connectivity index (χ3v) is 2.38. The second kappa shape index (κ2) is 7.52. The summed E-state index contributed by atoms with van der Waals surface area (Å²) in [5, 5.41) is 14.1. The Kier molecular flexibility index (Phi) is 6.02. The smallest absolute Gasteiger partial charge is 0.307 e. The van der Waals surface area contributed by atoms with Gasteiger partial charge < -0.3 is 5.43 Å². The third kappa shape index (κ3) is 4.98. The zero-order valence-electron chi connectivity index (χ0n) is 10.5. The van der Waals surface area contributed by atoms with Crippen molar-refractivity contribution in [2.75, 3.05) is 6.54 Å². The molecule has 1 aromatic heterocycles. The molecule has 1 rings (SSSR count). The van der Waals surface area contributed by atoms with Gasteiger partial charge in [-0.2, -0.15) is 5.10 Å². The van der Waals surface area contributed by atoms with E-state index in [0.717, 1.165) is 17.1 Å². The first kappa shape index (κ1) is 16.8. The average Bonchev–Trinajstić information content (AvgIpc) is 2.86. The topological polar surface area (TPSA) is 111 Å². The molecule has 0 aliphatic rings. The molecule has 0 aliphatic heterocycles. The number of aliphatic imine (C=N–C) groups is 1. The number of hydrogen-bond acceptors (Lipinski definition) is 5. The predicted molar refractivity (Wildman–Crippen MR) is 64.2 cm³/mol. The molecule has 0 fully saturated rings. The number of halogens is 4. The number of nitro groups is 1. The summed E-state index contributed by atoms with van der Waals surface area (Å²) in [6.07, 6.45) is -4.71. The van der Waals surface area contributed by atoms with Crippen LogP contribution in [0.3, 0.4) is 0 Å². The van der Waals surface area contributed by atoms with Crippen molar-refractivity contribution in [3.05, 3.63) is 22.5 Å². The number of alkyl halides is 4. The highest BCUT2D eigenvalue weighted by molar-refractivity contribution is 5.85. The van der Waals surface area contributed by atoms with Crippen LogP contribution < -0.4 is 11.3 Å². The van der Waals surface area contributed by atoms with Gasteiger partial charge in [0.25, 0.3) is 6.43 Å². The lowest BCUT2D eigenvalue weighted by Gasteiger charge is -2.19. The number of aromatic nitrogens is 2. The number of hydrogen-bond donors (Lipinski definition) is 2. The second-order valence-electron chi connectivity index (χ2n) is 3.84. The van der Waals surface area contributed by atoms with Crippen molar-refractivity contribution in [1.29, 1.82) is 0 Å². The zero-order chi connectivity index (χ0) is 16.0. The van der Waals surface area contributed by atoms with Crippen LogP contribution in [0, 0.1) is 10.1 Å². The van der Waals surface area contributed by atoms with E-state index in [2.05, 4.69) is 10.1 Å². The van der Waals surface area contributed by atoms with E-state index in [9.17, 15) is 27.7 Å². The molecule has 12 heteroatoms. The molecule has 21 heavy (non-hydrogen) atoms. The van der Waals surface area contributed by atoms with Crippen molar-refractivity contribution in [2.24, 2.45) is 10.8 Å². The first-order valence-electron chi connectivity index (χ1n) is 5.61. The van der Waals surface area contributed by atoms with Crippen LogP contribution in [0.4, 0.5) is 23.2 Å². The molecule has 1 heterocycles. The lowest BCUT2D eigenvalue weighted by Crippen LogP contribution is -2.39. The summed E-state index contributed by atoms with van der Waals surface area (Å²) in [5.41, 5.74) is 1.52. The van der Waals surface area contributed by atoms with Gasteiger partial charge in [0.15, 0.2) is 0 Å². The van der Waals surface area contributed by atoms with Crippen LogP contribution in [0.1, 0.15) is 12.5 Å². The van der Waals surface area contributed by atoms with Crippen LogP contribution in [0.5, 0.6) is 0 Å². The van der Waals surface area contributed by atoms with Gasteiger partial charge in [-0.25, -0.2) is 23.4 Å². The van der Waals surface area contributed by atoms with Crippen molar-refractivity contribution in [3.63, 3.8) is 0 Å². The molecule has 0 aromatic carbocycles.